The Bertz CT molecular complexity index is 287. The molecule has 14 heavy (non-hydrogen) atoms. The van der Waals surface area contributed by atoms with Gasteiger partial charge in [-0.1, -0.05) is 30.3 Å². The van der Waals surface area contributed by atoms with Crippen LogP contribution in [0.25, 0.3) is 0 Å². The van der Waals surface area contributed by atoms with E-state index in [1.165, 1.54) is 5.56 Å². The molecule has 1 N–H and O–H groups in total. The quantitative estimate of drug-likeness (QED) is 0.824. The molecule has 0 bridgehead atoms. The zero-order valence-electron chi connectivity index (χ0n) is 8.49. The SMILES string of the molecule is CNC(=O)CSC(C)c1ccccc1. The molecular weight excluding hydrogens is 194 g/mol. The maximum atomic E-state index is 11.0. The second-order valence-corrected chi connectivity index (χ2v) is 4.37. The first-order valence-electron chi connectivity index (χ1n) is 4.61. The third kappa shape index (κ3) is 3.42. The maximum Gasteiger partial charge on any atom is 0.229 e. The second kappa shape index (κ2) is 5.70. The Morgan fingerprint density at radius 2 is 2.07 bits per heavy atom. The molecule has 0 aliphatic carbocycles. The third-order valence-electron chi connectivity index (χ3n) is 2.01. The molecule has 0 aromatic heterocycles. The Morgan fingerprint density at radius 1 is 1.43 bits per heavy atom. The molecule has 1 rings (SSSR count). The highest BCUT2D eigenvalue weighted by molar-refractivity contribution is 8.00. The van der Waals surface area contributed by atoms with Crippen LogP contribution < -0.4 is 5.32 Å². The van der Waals surface area contributed by atoms with E-state index in [1.807, 2.05) is 18.2 Å². The number of carbonyl (C=O) groups is 1. The topological polar surface area (TPSA) is 29.1 Å². The first-order chi connectivity index (χ1) is 6.74. The van der Waals surface area contributed by atoms with Crippen LogP contribution in [-0.2, 0) is 4.79 Å². The van der Waals surface area contributed by atoms with E-state index >= 15 is 0 Å². The molecule has 0 radical (unpaired) electrons. The molecule has 1 unspecified atom stereocenters. The summed E-state index contributed by atoms with van der Waals surface area (Å²) in [5, 5.41) is 2.98. The fraction of sp³-hybridized carbons (Fsp3) is 0.364. The minimum atomic E-state index is 0.0813. The smallest absolute Gasteiger partial charge is 0.229 e. The van der Waals surface area contributed by atoms with Crippen LogP contribution in [0.5, 0.6) is 0 Å². The van der Waals surface area contributed by atoms with Crippen LogP contribution in [0.2, 0.25) is 0 Å². The molecule has 1 aromatic rings. The summed E-state index contributed by atoms with van der Waals surface area (Å²) in [5.41, 5.74) is 1.27. The molecule has 0 fully saturated rings. The zero-order valence-corrected chi connectivity index (χ0v) is 9.30. The predicted octanol–water partition coefficient (Wildman–Crippen LogP) is 2.23. The lowest BCUT2D eigenvalue weighted by molar-refractivity contribution is -0.118. The Kier molecular flexibility index (Phi) is 4.53. The molecule has 0 aliphatic rings. The number of hydrogen-bond acceptors (Lipinski definition) is 2. The van der Waals surface area contributed by atoms with Crippen molar-refractivity contribution < 1.29 is 4.79 Å². The van der Waals surface area contributed by atoms with Crippen molar-refractivity contribution in [2.75, 3.05) is 12.8 Å². The van der Waals surface area contributed by atoms with E-state index in [0.717, 1.165) is 0 Å². The van der Waals surface area contributed by atoms with Gasteiger partial charge in [0.2, 0.25) is 5.91 Å². The summed E-state index contributed by atoms with van der Waals surface area (Å²) in [7, 11) is 1.66. The van der Waals surface area contributed by atoms with Gasteiger partial charge in [-0.3, -0.25) is 4.79 Å². The molecule has 1 atom stereocenters. The summed E-state index contributed by atoms with van der Waals surface area (Å²) in [5.74, 6) is 0.602. The highest BCUT2D eigenvalue weighted by Crippen LogP contribution is 2.27. The number of thioether (sulfide) groups is 1. The summed E-state index contributed by atoms with van der Waals surface area (Å²) in [6.45, 7) is 2.11. The zero-order chi connectivity index (χ0) is 10.4. The summed E-state index contributed by atoms with van der Waals surface area (Å²) >= 11 is 1.65. The molecule has 0 saturated carbocycles. The van der Waals surface area contributed by atoms with Crippen LogP contribution in [0.3, 0.4) is 0 Å². The molecule has 0 saturated heterocycles. The van der Waals surface area contributed by atoms with Crippen LogP contribution in [0.15, 0.2) is 30.3 Å². The van der Waals surface area contributed by atoms with Crippen molar-refractivity contribution in [3.8, 4) is 0 Å². The van der Waals surface area contributed by atoms with E-state index < -0.39 is 0 Å². The number of amides is 1. The van der Waals surface area contributed by atoms with Gasteiger partial charge in [-0.2, -0.15) is 0 Å². The van der Waals surface area contributed by atoms with E-state index in [0.29, 0.717) is 11.0 Å². The summed E-state index contributed by atoms with van der Waals surface area (Å²) in [4.78, 5) is 11.0. The highest BCUT2D eigenvalue weighted by atomic mass is 32.2. The van der Waals surface area contributed by atoms with Gasteiger partial charge in [0.1, 0.15) is 0 Å². The van der Waals surface area contributed by atoms with E-state index in [4.69, 9.17) is 0 Å². The van der Waals surface area contributed by atoms with E-state index in [2.05, 4.69) is 24.4 Å². The summed E-state index contributed by atoms with van der Waals surface area (Å²) in [6, 6.07) is 10.2. The third-order valence-corrected chi connectivity index (χ3v) is 3.21. The van der Waals surface area contributed by atoms with Crippen molar-refractivity contribution in [1.29, 1.82) is 0 Å². The molecule has 0 heterocycles. The number of nitrogens with one attached hydrogen (secondary N) is 1. The van der Waals surface area contributed by atoms with Gasteiger partial charge in [-0.25, -0.2) is 0 Å². The fourth-order valence-corrected chi connectivity index (χ4v) is 1.99. The highest BCUT2D eigenvalue weighted by Gasteiger charge is 2.07. The molecule has 0 aliphatic heterocycles. The molecule has 1 amide bonds. The van der Waals surface area contributed by atoms with Crippen LogP contribution in [-0.4, -0.2) is 18.7 Å². The van der Waals surface area contributed by atoms with Gasteiger partial charge in [-0.15, -0.1) is 11.8 Å². The van der Waals surface area contributed by atoms with Gasteiger partial charge in [0.15, 0.2) is 0 Å². The van der Waals surface area contributed by atoms with Crippen molar-refractivity contribution in [3.63, 3.8) is 0 Å². The first-order valence-corrected chi connectivity index (χ1v) is 5.66. The number of benzene rings is 1. The minimum absolute atomic E-state index is 0.0813. The van der Waals surface area contributed by atoms with Gasteiger partial charge < -0.3 is 5.32 Å². The standard InChI is InChI=1S/C11H15NOS/c1-9(14-8-11(13)12-2)10-6-4-3-5-7-10/h3-7,9H,8H2,1-2H3,(H,12,13). The van der Waals surface area contributed by atoms with Crippen molar-refractivity contribution in [1.82, 2.24) is 5.32 Å². The van der Waals surface area contributed by atoms with Crippen LogP contribution in [0.1, 0.15) is 17.7 Å². The molecule has 1 aromatic carbocycles. The number of rotatable bonds is 4. The lowest BCUT2D eigenvalue weighted by atomic mass is 10.2. The van der Waals surface area contributed by atoms with Gasteiger partial charge in [0.05, 0.1) is 5.75 Å². The maximum absolute atomic E-state index is 11.0. The lowest BCUT2D eigenvalue weighted by Crippen LogP contribution is -2.20. The van der Waals surface area contributed by atoms with Gasteiger partial charge in [-0.05, 0) is 12.5 Å². The van der Waals surface area contributed by atoms with E-state index in [9.17, 15) is 4.79 Å². The Hall–Kier alpha value is -0.960. The monoisotopic (exact) mass is 209 g/mol. The predicted molar refractivity (Wildman–Crippen MR) is 61.4 cm³/mol. The van der Waals surface area contributed by atoms with Crippen LogP contribution in [0.4, 0.5) is 0 Å². The minimum Gasteiger partial charge on any atom is -0.358 e. The summed E-state index contributed by atoms with van der Waals surface area (Å²) in [6.07, 6.45) is 0. The fourth-order valence-electron chi connectivity index (χ4n) is 1.09. The normalized spacial score (nSPS) is 12.1. The summed E-state index contributed by atoms with van der Waals surface area (Å²) < 4.78 is 0. The first kappa shape index (κ1) is 11.1. The van der Waals surface area contributed by atoms with Crippen molar-refractivity contribution in [2.24, 2.45) is 0 Å². The number of hydrogen-bond donors (Lipinski definition) is 1. The van der Waals surface area contributed by atoms with Crippen molar-refractivity contribution >= 4 is 17.7 Å². The van der Waals surface area contributed by atoms with E-state index in [-0.39, 0.29) is 5.91 Å². The Balaban J connectivity index is 2.43. The molecule has 3 heteroatoms. The molecule has 0 spiro atoms. The average Bonchev–Trinajstić information content (AvgIpc) is 2.26. The van der Waals surface area contributed by atoms with Gasteiger partial charge >= 0.3 is 0 Å². The number of carbonyl (C=O) groups excluding carboxylic acids is 1. The average molecular weight is 209 g/mol. The van der Waals surface area contributed by atoms with Crippen LogP contribution in [0, 0.1) is 0 Å². The van der Waals surface area contributed by atoms with Crippen molar-refractivity contribution in [3.05, 3.63) is 35.9 Å². The van der Waals surface area contributed by atoms with Crippen LogP contribution >= 0.6 is 11.8 Å². The largest absolute Gasteiger partial charge is 0.358 e. The Morgan fingerprint density at radius 3 is 2.64 bits per heavy atom. The molecular formula is C11H15NOS. The van der Waals surface area contributed by atoms with Crippen molar-refractivity contribution in [2.45, 2.75) is 12.2 Å². The molecule has 76 valence electrons. The molecule has 2 nitrogen and oxygen atoms in total. The van der Waals surface area contributed by atoms with Gasteiger partial charge in [0, 0.05) is 12.3 Å². The lowest BCUT2D eigenvalue weighted by Gasteiger charge is -2.10. The Labute approximate surface area is 89.1 Å². The van der Waals surface area contributed by atoms with Gasteiger partial charge in [0.25, 0.3) is 0 Å². The second-order valence-electron chi connectivity index (χ2n) is 3.04. The van der Waals surface area contributed by atoms with E-state index in [1.54, 1.807) is 18.8 Å².